The summed E-state index contributed by atoms with van der Waals surface area (Å²) in [6.45, 7) is 4.97. The van der Waals surface area contributed by atoms with Gasteiger partial charge in [0.1, 0.15) is 6.04 Å². The number of anilines is 1. The van der Waals surface area contributed by atoms with Crippen molar-refractivity contribution in [3.8, 4) is 0 Å². The molecule has 0 fully saturated rings. The third-order valence-electron chi connectivity index (χ3n) is 5.68. The van der Waals surface area contributed by atoms with E-state index in [1.165, 1.54) is 4.31 Å². The van der Waals surface area contributed by atoms with E-state index in [9.17, 15) is 18.0 Å². The second-order valence-electron chi connectivity index (χ2n) is 8.49. The van der Waals surface area contributed by atoms with Crippen molar-refractivity contribution in [1.82, 2.24) is 10.2 Å². The lowest BCUT2D eigenvalue weighted by Gasteiger charge is -2.31. The molecule has 2 rings (SSSR count). The lowest BCUT2D eigenvalue weighted by atomic mass is 10.1. The van der Waals surface area contributed by atoms with Crippen LogP contribution in [0.1, 0.15) is 51.5 Å². The van der Waals surface area contributed by atoms with E-state index >= 15 is 0 Å². The molecular formula is C26H36ClN3O4S. The highest BCUT2D eigenvalue weighted by Gasteiger charge is 2.28. The van der Waals surface area contributed by atoms with Crippen molar-refractivity contribution in [2.45, 2.75) is 58.5 Å². The first-order valence-corrected chi connectivity index (χ1v) is 14.2. The van der Waals surface area contributed by atoms with Crippen LogP contribution >= 0.6 is 11.6 Å². The van der Waals surface area contributed by atoms with E-state index in [0.29, 0.717) is 36.6 Å². The van der Waals surface area contributed by atoms with Gasteiger partial charge in [-0.25, -0.2) is 8.42 Å². The molecule has 9 heteroatoms. The fourth-order valence-electron chi connectivity index (χ4n) is 3.82. The summed E-state index contributed by atoms with van der Waals surface area (Å²) in [4.78, 5) is 27.9. The van der Waals surface area contributed by atoms with Crippen molar-refractivity contribution in [3.63, 3.8) is 0 Å². The van der Waals surface area contributed by atoms with Crippen LogP contribution in [0.5, 0.6) is 0 Å². The van der Waals surface area contributed by atoms with Gasteiger partial charge in [0.25, 0.3) is 0 Å². The number of carbonyl (C=O) groups is 2. The van der Waals surface area contributed by atoms with Gasteiger partial charge in [0.05, 0.1) is 11.9 Å². The molecule has 0 aliphatic carbocycles. The average molecular weight is 522 g/mol. The molecule has 7 nitrogen and oxygen atoms in total. The summed E-state index contributed by atoms with van der Waals surface area (Å²) in [6, 6.07) is 15.5. The predicted molar refractivity (Wildman–Crippen MR) is 142 cm³/mol. The number of rotatable bonds is 14. The Balaban J connectivity index is 2.15. The molecule has 35 heavy (non-hydrogen) atoms. The molecule has 1 N–H and O–H groups in total. The fraction of sp³-hybridized carbons (Fsp3) is 0.462. The Morgan fingerprint density at radius 1 is 1.00 bits per heavy atom. The van der Waals surface area contributed by atoms with Crippen LogP contribution in [0.15, 0.2) is 54.6 Å². The maximum Gasteiger partial charge on any atom is 0.242 e. The van der Waals surface area contributed by atoms with E-state index in [4.69, 9.17) is 11.6 Å². The van der Waals surface area contributed by atoms with E-state index < -0.39 is 16.1 Å². The summed E-state index contributed by atoms with van der Waals surface area (Å²) in [5.74, 6) is -0.347. The van der Waals surface area contributed by atoms with Gasteiger partial charge < -0.3 is 10.2 Å². The number of sulfonamides is 1. The van der Waals surface area contributed by atoms with Crippen molar-refractivity contribution >= 4 is 39.1 Å². The van der Waals surface area contributed by atoms with Crippen LogP contribution < -0.4 is 9.62 Å². The highest BCUT2D eigenvalue weighted by molar-refractivity contribution is 7.92. The molecule has 0 aliphatic heterocycles. The average Bonchev–Trinajstić information content (AvgIpc) is 2.82. The summed E-state index contributed by atoms with van der Waals surface area (Å²) in [5.41, 5.74) is 1.42. The zero-order valence-electron chi connectivity index (χ0n) is 20.7. The van der Waals surface area contributed by atoms with Crippen molar-refractivity contribution in [1.29, 1.82) is 0 Å². The molecule has 0 aromatic heterocycles. The summed E-state index contributed by atoms with van der Waals surface area (Å²) in [6.07, 6.45) is 3.89. The monoisotopic (exact) mass is 521 g/mol. The minimum absolute atomic E-state index is 0.116. The summed E-state index contributed by atoms with van der Waals surface area (Å²) in [5, 5.41) is 3.46. The van der Waals surface area contributed by atoms with Crippen LogP contribution in [0.2, 0.25) is 5.02 Å². The van der Waals surface area contributed by atoms with Gasteiger partial charge in [-0.15, -0.1) is 0 Å². The molecule has 0 saturated carbocycles. The first-order chi connectivity index (χ1) is 16.7. The number of nitrogens with zero attached hydrogens (tertiary/aromatic N) is 2. The SMILES string of the molecule is CCCCNC(=O)[C@H](CC)N(Cc1ccccc1)C(=O)CCCN(c1ccc(Cl)cc1)S(C)(=O)=O. The minimum Gasteiger partial charge on any atom is -0.354 e. The Hall–Kier alpha value is -2.58. The molecule has 0 aliphatic rings. The minimum atomic E-state index is -3.54. The topological polar surface area (TPSA) is 86.8 Å². The normalized spacial score (nSPS) is 12.1. The number of nitrogens with one attached hydrogen (secondary N) is 1. The molecule has 0 radical (unpaired) electrons. The number of hydrogen-bond acceptors (Lipinski definition) is 4. The molecule has 0 saturated heterocycles. The molecule has 0 unspecified atom stereocenters. The molecule has 0 spiro atoms. The van der Waals surface area contributed by atoms with Gasteiger partial charge in [-0.3, -0.25) is 13.9 Å². The standard InChI is InChI=1S/C26H36ClN3O4S/c1-4-6-18-28-26(32)24(5-2)29(20-21-11-8-7-9-12-21)25(31)13-10-19-30(35(3,33)34)23-16-14-22(27)15-17-23/h7-9,11-12,14-17,24H,4-6,10,13,18-20H2,1-3H3,(H,28,32)/t24-/m0/s1. The van der Waals surface area contributed by atoms with Gasteiger partial charge in [0.2, 0.25) is 21.8 Å². The fourth-order valence-corrected chi connectivity index (χ4v) is 4.91. The Bertz CT molecular complexity index is 1050. The Labute approximate surface area is 214 Å². The first-order valence-electron chi connectivity index (χ1n) is 12.0. The molecule has 2 amide bonds. The Morgan fingerprint density at radius 2 is 1.66 bits per heavy atom. The van der Waals surface area contributed by atoms with Crippen molar-refractivity contribution in [2.75, 3.05) is 23.7 Å². The van der Waals surface area contributed by atoms with Gasteiger partial charge >= 0.3 is 0 Å². The number of halogens is 1. The quantitative estimate of drug-likeness (QED) is 0.368. The third kappa shape index (κ3) is 9.18. The molecular weight excluding hydrogens is 486 g/mol. The van der Waals surface area contributed by atoms with E-state index in [1.54, 1.807) is 29.2 Å². The number of carbonyl (C=O) groups excluding carboxylic acids is 2. The Kier molecular flexibility index (Phi) is 11.5. The van der Waals surface area contributed by atoms with Gasteiger partial charge in [-0.05, 0) is 49.1 Å². The van der Waals surface area contributed by atoms with Gasteiger partial charge in [0, 0.05) is 31.1 Å². The zero-order valence-corrected chi connectivity index (χ0v) is 22.3. The van der Waals surface area contributed by atoms with Crippen LogP contribution in [0.4, 0.5) is 5.69 Å². The number of amides is 2. The largest absolute Gasteiger partial charge is 0.354 e. The van der Waals surface area contributed by atoms with Gasteiger partial charge in [0.15, 0.2) is 0 Å². The van der Waals surface area contributed by atoms with E-state index in [2.05, 4.69) is 12.2 Å². The zero-order chi connectivity index (χ0) is 25.8. The molecule has 2 aromatic carbocycles. The Morgan fingerprint density at radius 3 is 2.23 bits per heavy atom. The highest BCUT2D eigenvalue weighted by Crippen LogP contribution is 2.21. The van der Waals surface area contributed by atoms with Crippen molar-refractivity contribution in [2.24, 2.45) is 0 Å². The summed E-state index contributed by atoms with van der Waals surface area (Å²) >= 11 is 5.94. The molecule has 192 valence electrons. The molecule has 0 bridgehead atoms. The molecule has 0 heterocycles. The lowest BCUT2D eigenvalue weighted by Crippen LogP contribution is -2.49. The molecule has 1 atom stereocenters. The van der Waals surface area contributed by atoms with Crippen molar-refractivity contribution < 1.29 is 18.0 Å². The van der Waals surface area contributed by atoms with Crippen LogP contribution in [0.25, 0.3) is 0 Å². The maximum atomic E-state index is 13.4. The third-order valence-corrected chi connectivity index (χ3v) is 7.12. The lowest BCUT2D eigenvalue weighted by molar-refractivity contribution is -0.141. The van der Waals surface area contributed by atoms with Crippen LogP contribution in [0, 0.1) is 0 Å². The second-order valence-corrected chi connectivity index (χ2v) is 10.8. The van der Waals surface area contributed by atoms with Crippen LogP contribution in [0.3, 0.4) is 0 Å². The maximum absolute atomic E-state index is 13.4. The van der Waals surface area contributed by atoms with Gasteiger partial charge in [-0.2, -0.15) is 0 Å². The van der Waals surface area contributed by atoms with E-state index in [-0.39, 0.29) is 24.8 Å². The predicted octanol–water partition coefficient (Wildman–Crippen LogP) is 4.61. The van der Waals surface area contributed by atoms with Gasteiger partial charge in [-0.1, -0.05) is 62.2 Å². The van der Waals surface area contributed by atoms with E-state index in [0.717, 1.165) is 24.7 Å². The van der Waals surface area contributed by atoms with Crippen LogP contribution in [-0.2, 0) is 26.2 Å². The van der Waals surface area contributed by atoms with Crippen LogP contribution in [-0.4, -0.2) is 50.5 Å². The number of benzene rings is 2. The second kappa shape index (κ2) is 14.1. The summed E-state index contributed by atoms with van der Waals surface area (Å²) < 4.78 is 26.0. The van der Waals surface area contributed by atoms with Crippen molar-refractivity contribution in [3.05, 3.63) is 65.2 Å². The smallest absolute Gasteiger partial charge is 0.242 e. The van der Waals surface area contributed by atoms with E-state index in [1.807, 2.05) is 37.3 Å². The molecule has 2 aromatic rings. The summed E-state index contributed by atoms with van der Waals surface area (Å²) in [7, 11) is -3.54. The number of hydrogen-bond donors (Lipinski definition) is 1. The number of unbranched alkanes of at least 4 members (excludes halogenated alkanes) is 1. The highest BCUT2D eigenvalue weighted by atomic mass is 35.5. The first kappa shape index (κ1) is 28.7.